The molecule has 2 rings (SSSR count). The molecule has 0 aliphatic carbocycles. The minimum Gasteiger partial charge on any atom is -0.324 e. The molecular formula is C21H29N3O. The first-order chi connectivity index (χ1) is 12.2. The molecule has 0 radical (unpaired) electrons. The number of carbonyl (C=O) groups is 1. The maximum Gasteiger partial charge on any atom is 0.246 e. The number of nitrogens with one attached hydrogen (secondary N) is 2. The van der Waals surface area contributed by atoms with Crippen LogP contribution in [0.3, 0.4) is 0 Å². The van der Waals surface area contributed by atoms with Gasteiger partial charge >= 0.3 is 0 Å². The third kappa shape index (κ3) is 5.41. The van der Waals surface area contributed by atoms with Gasteiger partial charge in [0, 0.05) is 12.2 Å². The van der Waals surface area contributed by atoms with Crippen molar-refractivity contribution in [2.75, 3.05) is 25.0 Å². The Balaban J connectivity index is 2.19. The molecule has 0 bridgehead atoms. The van der Waals surface area contributed by atoms with Crippen molar-refractivity contribution >= 4 is 11.6 Å². The summed E-state index contributed by atoms with van der Waals surface area (Å²) < 4.78 is 0. The molecule has 1 unspecified atom stereocenters. The molecule has 0 saturated heterocycles. The second-order valence-electron chi connectivity index (χ2n) is 6.00. The van der Waals surface area contributed by atoms with Gasteiger partial charge in [-0.2, -0.15) is 0 Å². The zero-order chi connectivity index (χ0) is 18.1. The first kappa shape index (κ1) is 19.2. The summed E-state index contributed by atoms with van der Waals surface area (Å²) in [4.78, 5) is 15.2. The predicted molar refractivity (Wildman–Crippen MR) is 105 cm³/mol. The van der Waals surface area contributed by atoms with E-state index < -0.39 is 0 Å². The molecule has 1 amide bonds. The van der Waals surface area contributed by atoms with Gasteiger partial charge in [-0.05, 0) is 42.9 Å². The predicted octanol–water partition coefficient (Wildman–Crippen LogP) is 3.82. The van der Waals surface area contributed by atoms with Gasteiger partial charge in [0.15, 0.2) is 0 Å². The van der Waals surface area contributed by atoms with E-state index in [-0.39, 0.29) is 11.9 Å². The fourth-order valence-corrected chi connectivity index (χ4v) is 2.99. The summed E-state index contributed by atoms with van der Waals surface area (Å²) in [6, 6.07) is 17.7. The second-order valence-corrected chi connectivity index (χ2v) is 6.00. The van der Waals surface area contributed by atoms with Gasteiger partial charge in [0.05, 0.1) is 0 Å². The van der Waals surface area contributed by atoms with E-state index in [0.717, 1.165) is 37.4 Å². The molecule has 2 N–H and O–H groups in total. The maximum atomic E-state index is 13.0. The van der Waals surface area contributed by atoms with Crippen LogP contribution in [0, 0.1) is 0 Å². The van der Waals surface area contributed by atoms with Gasteiger partial charge in [-0.15, -0.1) is 0 Å². The van der Waals surface area contributed by atoms with Crippen molar-refractivity contribution in [3.63, 3.8) is 0 Å². The van der Waals surface area contributed by atoms with Crippen molar-refractivity contribution in [3.8, 4) is 0 Å². The van der Waals surface area contributed by atoms with Crippen molar-refractivity contribution in [2.24, 2.45) is 0 Å². The smallest absolute Gasteiger partial charge is 0.246 e. The number of carbonyl (C=O) groups excluding carboxylic acids is 1. The second kappa shape index (κ2) is 9.97. The van der Waals surface area contributed by atoms with Crippen molar-refractivity contribution in [1.29, 1.82) is 0 Å². The van der Waals surface area contributed by atoms with Crippen LogP contribution in [0.2, 0.25) is 0 Å². The number of anilines is 1. The van der Waals surface area contributed by atoms with Gasteiger partial charge < -0.3 is 10.6 Å². The highest BCUT2D eigenvalue weighted by Crippen LogP contribution is 2.23. The SMILES string of the molecule is CCNCc1cccc(NC(=O)C(c2ccccc2)N(CC)CC)c1. The van der Waals surface area contributed by atoms with E-state index in [1.54, 1.807) is 0 Å². The fourth-order valence-electron chi connectivity index (χ4n) is 2.99. The average Bonchev–Trinajstić information content (AvgIpc) is 2.65. The molecule has 0 spiro atoms. The number of nitrogens with zero attached hydrogens (tertiary/aromatic N) is 1. The van der Waals surface area contributed by atoms with Crippen LogP contribution in [0.25, 0.3) is 0 Å². The third-order valence-electron chi connectivity index (χ3n) is 4.31. The maximum absolute atomic E-state index is 13.0. The zero-order valence-electron chi connectivity index (χ0n) is 15.5. The number of likely N-dealkylation sites (N-methyl/N-ethyl adjacent to an activating group) is 1. The standard InChI is InChI=1S/C21H29N3O/c1-4-22-16-17-11-10-14-19(15-17)23-21(25)20(24(5-2)6-3)18-12-8-7-9-13-18/h7-15,20,22H,4-6,16H2,1-3H3,(H,23,25). The first-order valence-electron chi connectivity index (χ1n) is 9.09. The summed E-state index contributed by atoms with van der Waals surface area (Å²) in [6.07, 6.45) is 0. The van der Waals surface area contributed by atoms with Crippen LogP contribution in [-0.2, 0) is 11.3 Å². The number of hydrogen-bond donors (Lipinski definition) is 2. The highest BCUT2D eigenvalue weighted by Gasteiger charge is 2.25. The van der Waals surface area contributed by atoms with E-state index in [0.29, 0.717) is 0 Å². The molecule has 0 saturated carbocycles. The van der Waals surface area contributed by atoms with Crippen LogP contribution in [0.15, 0.2) is 54.6 Å². The minimum atomic E-state index is -0.284. The van der Waals surface area contributed by atoms with Gasteiger partial charge in [-0.25, -0.2) is 0 Å². The molecule has 1 atom stereocenters. The van der Waals surface area contributed by atoms with Crippen molar-refractivity contribution in [2.45, 2.75) is 33.4 Å². The van der Waals surface area contributed by atoms with Crippen LogP contribution < -0.4 is 10.6 Å². The van der Waals surface area contributed by atoms with E-state index >= 15 is 0 Å². The molecule has 2 aromatic carbocycles. The van der Waals surface area contributed by atoms with E-state index in [1.807, 2.05) is 48.5 Å². The lowest BCUT2D eigenvalue weighted by Crippen LogP contribution is -2.37. The van der Waals surface area contributed by atoms with E-state index in [9.17, 15) is 4.79 Å². The van der Waals surface area contributed by atoms with Crippen molar-refractivity contribution < 1.29 is 4.79 Å². The molecule has 25 heavy (non-hydrogen) atoms. The monoisotopic (exact) mass is 339 g/mol. The van der Waals surface area contributed by atoms with E-state index in [4.69, 9.17) is 0 Å². The molecule has 134 valence electrons. The van der Waals surface area contributed by atoms with Crippen LogP contribution >= 0.6 is 0 Å². The highest BCUT2D eigenvalue weighted by atomic mass is 16.2. The average molecular weight is 339 g/mol. The normalized spacial score (nSPS) is 12.2. The Morgan fingerprint density at radius 1 is 1.00 bits per heavy atom. The first-order valence-corrected chi connectivity index (χ1v) is 9.09. The molecular weight excluding hydrogens is 310 g/mol. The molecule has 0 aliphatic heterocycles. The van der Waals surface area contributed by atoms with Gasteiger partial charge in [0.2, 0.25) is 5.91 Å². The number of benzene rings is 2. The Kier molecular flexibility index (Phi) is 7.64. The molecule has 4 nitrogen and oxygen atoms in total. The summed E-state index contributed by atoms with van der Waals surface area (Å²) in [5.41, 5.74) is 3.03. The lowest BCUT2D eigenvalue weighted by Gasteiger charge is -2.29. The largest absolute Gasteiger partial charge is 0.324 e. The Labute approximate surface area is 151 Å². The van der Waals surface area contributed by atoms with Gasteiger partial charge in [-0.3, -0.25) is 9.69 Å². The van der Waals surface area contributed by atoms with Gasteiger partial charge in [0.25, 0.3) is 0 Å². The summed E-state index contributed by atoms with van der Waals surface area (Å²) in [5.74, 6) is 0.00972. The van der Waals surface area contributed by atoms with E-state index in [2.05, 4.69) is 42.4 Å². The Hall–Kier alpha value is -2.17. The van der Waals surface area contributed by atoms with Crippen LogP contribution in [-0.4, -0.2) is 30.4 Å². The van der Waals surface area contributed by atoms with Crippen molar-refractivity contribution in [1.82, 2.24) is 10.2 Å². The zero-order valence-corrected chi connectivity index (χ0v) is 15.5. The Bertz CT molecular complexity index is 653. The topological polar surface area (TPSA) is 44.4 Å². The molecule has 4 heteroatoms. The molecule has 0 heterocycles. The lowest BCUT2D eigenvalue weighted by atomic mass is 10.0. The minimum absolute atomic E-state index is 0.00972. The number of amides is 1. The Morgan fingerprint density at radius 2 is 1.72 bits per heavy atom. The summed E-state index contributed by atoms with van der Waals surface area (Å²) >= 11 is 0. The quantitative estimate of drug-likeness (QED) is 0.730. The molecule has 2 aromatic rings. The number of hydrogen-bond acceptors (Lipinski definition) is 3. The fraction of sp³-hybridized carbons (Fsp3) is 0.381. The Morgan fingerprint density at radius 3 is 2.36 bits per heavy atom. The summed E-state index contributed by atoms with van der Waals surface area (Å²) in [5, 5.41) is 6.41. The molecule has 0 fully saturated rings. The van der Waals surface area contributed by atoms with Gasteiger partial charge in [-0.1, -0.05) is 63.2 Å². The number of rotatable bonds is 9. The summed E-state index contributed by atoms with van der Waals surface area (Å²) in [6.45, 7) is 9.63. The molecule has 0 aromatic heterocycles. The van der Waals surface area contributed by atoms with E-state index in [1.165, 1.54) is 5.56 Å². The highest BCUT2D eigenvalue weighted by molar-refractivity contribution is 5.95. The van der Waals surface area contributed by atoms with Crippen molar-refractivity contribution in [3.05, 3.63) is 65.7 Å². The van der Waals surface area contributed by atoms with Crippen LogP contribution in [0.4, 0.5) is 5.69 Å². The lowest BCUT2D eigenvalue weighted by molar-refractivity contribution is -0.121. The van der Waals surface area contributed by atoms with Crippen LogP contribution in [0.5, 0.6) is 0 Å². The molecule has 0 aliphatic rings. The summed E-state index contributed by atoms with van der Waals surface area (Å²) in [7, 11) is 0. The van der Waals surface area contributed by atoms with Crippen LogP contribution in [0.1, 0.15) is 37.9 Å². The third-order valence-corrected chi connectivity index (χ3v) is 4.31. The van der Waals surface area contributed by atoms with Gasteiger partial charge in [0.1, 0.15) is 6.04 Å².